The molecule has 2 heterocycles. The fraction of sp³-hybridized carbons (Fsp3) is 0.471. The van der Waals surface area contributed by atoms with Gasteiger partial charge in [0.1, 0.15) is 5.52 Å². The maximum absolute atomic E-state index is 11.9. The number of rotatable bonds is 4. The molecule has 128 valence electrons. The van der Waals surface area contributed by atoms with Crippen LogP contribution in [0.3, 0.4) is 0 Å². The van der Waals surface area contributed by atoms with E-state index in [9.17, 15) is 9.59 Å². The Morgan fingerprint density at radius 3 is 3.00 bits per heavy atom. The summed E-state index contributed by atoms with van der Waals surface area (Å²) in [5.41, 5.74) is 1.65. The number of carbonyl (C=O) groups is 2. The number of imide groups is 1. The van der Waals surface area contributed by atoms with Crippen molar-refractivity contribution in [2.75, 3.05) is 26.2 Å². The van der Waals surface area contributed by atoms with Crippen LogP contribution in [0.5, 0.6) is 0 Å². The number of fused-ring (bicyclic) bond motifs is 1. The van der Waals surface area contributed by atoms with Crippen molar-refractivity contribution in [3.8, 4) is 0 Å². The van der Waals surface area contributed by atoms with Crippen molar-refractivity contribution >= 4 is 23.0 Å². The van der Waals surface area contributed by atoms with Crippen molar-refractivity contribution in [1.29, 1.82) is 0 Å². The van der Waals surface area contributed by atoms with E-state index in [4.69, 9.17) is 4.42 Å². The van der Waals surface area contributed by atoms with Crippen LogP contribution in [-0.4, -0.2) is 48.0 Å². The van der Waals surface area contributed by atoms with Gasteiger partial charge >= 0.3 is 6.03 Å². The molecule has 1 atom stereocenters. The number of nitrogens with zero attached hydrogens (tertiary/aromatic N) is 2. The fourth-order valence-electron chi connectivity index (χ4n) is 3.04. The molecule has 1 aliphatic heterocycles. The molecular formula is C17H22N4O3. The molecule has 0 radical (unpaired) electrons. The van der Waals surface area contributed by atoms with Crippen LogP contribution in [0.1, 0.15) is 31.6 Å². The Morgan fingerprint density at radius 2 is 2.21 bits per heavy atom. The number of para-hydroxylation sites is 2. The average molecular weight is 330 g/mol. The van der Waals surface area contributed by atoms with Gasteiger partial charge in [-0.25, -0.2) is 9.78 Å². The molecule has 24 heavy (non-hydrogen) atoms. The van der Waals surface area contributed by atoms with Crippen molar-refractivity contribution in [3.63, 3.8) is 0 Å². The third kappa shape index (κ3) is 3.91. The molecule has 3 rings (SSSR count). The Kier molecular flexibility index (Phi) is 5.10. The molecule has 7 heteroatoms. The number of likely N-dealkylation sites (tertiary alicyclic amines) is 1. The third-order valence-corrected chi connectivity index (χ3v) is 4.12. The number of amides is 3. The molecule has 1 aromatic carbocycles. The molecule has 7 nitrogen and oxygen atoms in total. The average Bonchev–Trinajstić information content (AvgIpc) is 2.99. The van der Waals surface area contributed by atoms with Crippen LogP contribution in [-0.2, 0) is 4.79 Å². The summed E-state index contributed by atoms with van der Waals surface area (Å²) in [7, 11) is 0. The van der Waals surface area contributed by atoms with E-state index in [2.05, 4.69) is 15.6 Å². The SMILES string of the molecule is CCNC(=O)NC(=O)CN1CCC[C@@H](c2nc3ccccc3o2)C1. The lowest BCUT2D eigenvalue weighted by atomic mass is 9.98. The van der Waals surface area contributed by atoms with Gasteiger partial charge in [-0.2, -0.15) is 0 Å². The second-order valence-electron chi connectivity index (χ2n) is 6.00. The van der Waals surface area contributed by atoms with Crippen molar-refractivity contribution in [3.05, 3.63) is 30.2 Å². The van der Waals surface area contributed by atoms with Gasteiger partial charge in [0.15, 0.2) is 11.5 Å². The predicted molar refractivity (Wildman–Crippen MR) is 89.6 cm³/mol. The van der Waals surface area contributed by atoms with Gasteiger partial charge in [0, 0.05) is 19.0 Å². The van der Waals surface area contributed by atoms with E-state index < -0.39 is 6.03 Å². The molecule has 2 N–H and O–H groups in total. The van der Waals surface area contributed by atoms with Gasteiger partial charge in [0.05, 0.1) is 6.54 Å². The number of carbonyl (C=O) groups excluding carboxylic acids is 2. The summed E-state index contributed by atoms with van der Waals surface area (Å²) in [6, 6.07) is 7.26. The van der Waals surface area contributed by atoms with E-state index >= 15 is 0 Å². The number of piperidine rings is 1. The fourth-order valence-corrected chi connectivity index (χ4v) is 3.04. The smallest absolute Gasteiger partial charge is 0.321 e. The van der Waals surface area contributed by atoms with Gasteiger partial charge in [-0.1, -0.05) is 12.1 Å². The molecule has 1 aliphatic rings. The summed E-state index contributed by atoms with van der Waals surface area (Å²) in [6.45, 7) is 4.03. The molecule has 0 spiro atoms. The van der Waals surface area contributed by atoms with E-state index in [1.165, 1.54) is 0 Å². The lowest BCUT2D eigenvalue weighted by molar-refractivity contribution is -0.121. The summed E-state index contributed by atoms with van der Waals surface area (Å²) >= 11 is 0. The first kappa shape index (κ1) is 16.4. The van der Waals surface area contributed by atoms with Crippen LogP contribution in [0.25, 0.3) is 11.1 Å². The normalized spacial score (nSPS) is 18.5. The standard InChI is InChI=1S/C17H22N4O3/c1-2-18-17(23)20-15(22)11-21-9-5-6-12(10-21)16-19-13-7-3-4-8-14(13)24-16/h3-4,7-8,12H,2,5-6,9-11H2,1H3,(H2,18,20,22,23)/t12-/m1/s1. The number of benzene rings is 1. The van der Waals surface area contributed by atoms with Crippen molar-refractivity contribution in [2.45, 2.75) is 25.7 Å². The molecule has 1 fully saturated rings. The Morgan fingerprint density at radius 1 is 1.38 bits per heavy atom. The van der Waals surface area contributed by atoms with Crippen LogP contribution < -0.4 is 10.6 Å². The molecule has 0 aliphatic carbocycles. The zero-order valence-electron chi connectivity index (χ0n) is 13.7. The van der Waals surface area contributed by atoms with Crippen LogP contribution in [0.15, 0.2) is 28.7 Å². The molecule has 2 aromatic rings. The van der Waals surface area contributed by atoms with Crippen molar-refractivity contribution < 1.29 is 14.0 Å². The van der Waals surface area contributed by atoms with Gasteiger partial charge in [-0.15, -0.1) is 0 Å². The molecule has 1 aromatic heterocycles. The quantitative estimate of drug-likeness (QED) is 0.893. The minimum Gasteiger partial charge on any atom is -0.440 e. The van der Waals surface area contributed by atoms with Crippen LogP contribution in [0.4, 0.5) is 4.79 Å². The Bertz CT molecular complexity index is 694. The van der Waals surface area contributed by atoms with Gasteiger partial charge in [0.2, 0.25) is 5.91 Å². The van der Waals surface area contributed by atoms with E-state index in [1.807, 2.05) is 29.2 Å². The molecular weight excluding hydrogens is 308 g/mol. The van der Waals surface area contributed by atoms with E-state index in [0.717, 1.165) is 36.4 Å². The summed E-state index contributed by atoms with van der Waals surface area (Å²) in [6.07, 6.45) is 1.96. The minimum atomic E-state index is -0.449. The first-order chi connectivity index (χ1) is 11.7. The number of oxazole rings is 1. The zero-order chi connectivity index (χ0) is 16.9. The number of aromatic nitrogens is 1. The highest BCUT2D eigenvalue weighted by atomic mass is 16.3. The highest BCUT2D eigenvalue weighted by Gasteiger charge is 2.26. The number of nitrogens with one attached hydrogen (secondary N) is 2. The molecule has 0 unspecified atom stereocenters. The Labute approximate surface area is 140 Å². The van der Waals surface area contributed by atoms with E-state index in [-0.39, 0.29) is 18.4 Å². The van der Waals surface area contributed by atoms with Gasteiger partial charge in [0.25, 0.3) is 0 Å². The minimum absolute atomic E-state index is 0.170. The molecule has 0 bridgehead atoms. The summed E-state index contributed by atoms with van der Waals surface area (Å²) in [4.78, 5) is 29.9. The largest absolute Gasteiger partial charge is 0.440 e. The molecule has 0 saturated carbocycles. The Hall–Kier alpha value is -2.41. The second-order valence-corrected chi connectivity index (χ2v) is 6.00. The molecule has 1 saturated heterocycles. The first-order valence-electron chi connectivity index (χ1n) is 8.31. The highest BCUT2D eigenvalue weighted by molar-refractivity contribution is 5.95. The number of hydrogen-bond acceptors (Lipinski definition) is 5. The maximum Gasteiger partial charge on any atom is 0.321 e. The summed E-state index contributed by atoms with van der Waals surface area (Å²) in [5.74, 6) is 0.604. The van der Waals surface area contributed by atoms with Gasteiger partial charge in [-0.3, -0.25) is 15.0 Å². The third-order valence-electron chi connectivity index (χ3n) is 4.12. The van der Waals surface area contributed by atoms with E-state index in [0.29, 0.717) is 13.1 Å². The van der Waals surface area contributed by atoms with Gasteiger partial charge < -0.3 is 9.73 Å². The van der Waals surface area contributed by atoms with Crippen LogP contribution >= 0.6 is 0 Å². The summed E-state index contributed by atoms with van der Waals surface area (Å²) in [5, 5.41) is 4.88. The maximum atomic E-state index is 11.9. The van der Waals surface area contributed by atoms with Crippen LogP contribution in [0.2, 0.25) is 0 Å². The first-order valence-corrected chi connectivity index (χ1v) is 8.31. The summed E-state index contributed by atoms with van der Waals surface area (Å²) < 4.78 is 5.85. The van der Waals surface area contributed by atoms with Crippen molar-refractivity contribution in [1.82, 2.24) is 20.5 Å². The zero-order valence-corrected chi connectivity index (χ0v) is 13.7. The predicted octanol–water partition coefficient (Wildman–Crippen LogP) is 1.85. The van der Waals surface area contributed by atoms with Crippen LogP contribution in [0, 0.1) is 0 Å². The number of urea groups is 1. The monoisotopic (exact) mass is 330 g/mol. The topological polar surface area (TPSA) is 87.5 Å². The second kappa shape index (κ2) is 7.44. The van der Waals surface area contributed by atoms with Gasteiger partial charge in [-0.05, 0) is 38.4 Å². The Balaban J connectivity index is 1.59. The van der Waals surface area contributed by atoms with E-state index in [1.54, 1.807) is 6.92 Å². The molecule has 3 amide bonds. The lowest BCUT2D eigenvalue weighted by Crippen LogP contribution is -2.46. The van der Waals surface area contributed by atoms with Crippen molar-refractivity contribution in [2.24, 2.45) is 0 Å². The lowest BCUT2D eigenvalue weighted by Gasteiger charge is -2.30. The number of hydrogen-bond donors (Lipinski definition) is 2. The highest BCUT2D eigenvalue weighted by Crippen LogP contribution is 2.28.